The lowest BCUT2D eigenvalue weighted by Gasteiger charge is -2.18. The Bertz CT molecular complexity index is 1870. The van der Waals surface area contributed by atoms with Gasteiger partial charge in [0.05, 0.1) is 17.3 Å². The molecule has 162 valence electrons. The van der Waals surface area contributed by atoms with Crippen LogP contribution in [0.1, 0.15) is 75.1 Å². The Kier molecular flexibility index (Phi) is 2.55. The number of hydrogen-bond acceptors (Lipinski definition) is 1. The molecule has 0 fully saturated rings. The molecule has 3 aromatic carbocycles. The molecule has 2 heterocycles. The van der Waals surface area contributed by atoms with Crippen LogP contribution in [0.15, 0.2) is 67.0 Å². The first-order valence-electron chi connectivity index (χ1n) is 17.1. The van der Waals surface area contributed by atoms with E-state index in [0.717, 1.165) is 43.9 Å². The molecular formula is C29H31N2S+. The molecule has 0 atom stereocenters. The summed E-state index contributed by atoms with van der Waals surface area (Å²) in [7, 11) is 1.68. The van der Waals surface area contributed by atoms with Gasteiger partial charge in [0.15, 0.2) is 0 Å². The van der Waals surface area contributed by atoms with E-state index < -0.39 is 56.0 Å². The molecule has 0 aliphatic rings. The van der Waals surface area contributed by atoms with E-state index in [1.54, 1.807) is 17.8 Å². The Morgan fingerprint density at radius 3 is 2.34 bits per heavy atom. The zero-order valence-electron chi connectivity index (χ0n) is 31.7. The summed E-state index contributed by atoms with van der Waals surface area (Å²) < 4.78 is 122. The van der Waals surface area contributed by atoms with Crippen molar-refractivity contribution in [2.45, 2.75) is 46.1 Å². The van der Waals surface area contributed by atoms with Gasteiger partial charge in [-0.1, -0.05) is 75.9 Å². The molecule has 0 aliphatic carbocycles. The number of hydrogen-bond donors (Lipinski definition) is 0. The molecule has 0 saturated carbocycles. The Morgan fingerprint density at radius 2 is 1.62 bits per heavy atom. The van der Waals surface area contributed by atoms with E-state index in [1.165, 1.54) is 22.1 Å². The van der Waals surface area contributed by atoms with Crippen LogP contribution >= 0.6 is 11.3 Å². The molecule has 0 bridgehead atoms. The first-order valence-corrected chi connectivity index (χ1v) is 10.9. The fourth-order valence-corrected chi connectivity index (χ4v) is 5.62. The highest BCUT2D eigenvalue weighted by Gasteiger charge is 2.28. The maximum Gasteiger partial charge on any atom is 0.295 e. The molecular weight excluding hydrogens is 408 g/mol. The molecule has 0 aliphatic heterocycles. The minimum atomic E-state index is -3.49. The van der Waals surface area contributed by atoms with Crippen LogP contribution in [0.5, 0.6) is 0 Å². The molecule has 0 N–H and O–H groups in total. The molecule has 0 saturated heterocycles. The van der Waals surface area contributed by atoms with Crippen molar-refractivity contribution in [1.82, 2.24) is 4.57 Å². The van der Waals surface area contributed by atoms with E-state index >= 15 is 0 Å². The van der Waals surface area contributed by atoms with Gasteiger partial charge in [0.2, 0.25) is 0 Å². The Morgan fingerprint density at radius 1 is 0.906 bits per heavy atom. The van der Waals surface area contributed by atoms with Crippen molar-refractivity contribution in [2.24, 2.45) is 7.05 Å². The van der Waals surface area contributed by atoms with E-state index in [0.29, 0.717) is 11.4 Å². The van der Waals surface area contributed by atoms with Crippen LogP contribution in [0.2, 0.25) is 0 Å². The topological polar surface area (TPSA) is 8.81 Å². The zero-order chi connectivity index (χ0) is 34.4. The van der Waals surface area contributed by atoms with Crippen molar-refractivity contribution in [3.63, 3.8) is 0 Å². The fraction of sp³-hybridized carbons (Fsp3) is 0.276. The van der Waals surface area contributed by atoms with Crippen LogP contribution in [0, 0.1) is 6.92 Å². The molecule has 0 unspecified atom stereocenters. The highest BCUT2D eigenvalue weighted by atomic mass is 32.1. The van der Waals surface area contributed by atoms with Crippen molar-refractivity contribution in [3.05, 3.63) is 83.7 Å². The number of aryl methyl sites for hydroxylation is 2. The van der Waals surface area contributed by atoms with Crippen molar-refractivity contribution in [2.75, 3.05) is 0 Å². The van der Waals surface area contributed by atoms with Crippen LogP contribution in [0.4, 0.5) is 0 Å². The smallest absolute Gasteiger partial charge is 0.232 e. The van der Waals surface area contributed by atoms with Gasteiger partial charge in [0, 0.05) is 45.8 Å². The van der Waals surface area contributed by atoms with Gasteiger partial charge in [0.1, 0.15) is 18.1 Å². The summed E-state index contributed by atoms with van der Waals surface area (Å²) in [5.74, 6) is -6.37. The third-order valence-electron chi connectivity index (χ3n) is 5.80. The van der Waals surface area contributed by atoms with Gasteiger partial charge in [-0.05, 0) is 30.3 Å². The number of para-hydroxylation sites is 1. The second-order valence-electron chi connectivity index (χ2n) is 7.79. The summed E-state index contributed by atoms with van der Waals surface area (Å²) in [4.78, 5) is 0. The average molecular weight is 454 g/mol. The number of fused-ring (bicyclic) bond motifs is 3. The third kappa shape index (κ3) is 3.18. The van der Waals surface area contributed by atoms with Crippen LogP contribution in [-0.2, 0) is 7.05 Å². The van der Waals surface area contributed by atoms with Gasteiger partial charge in [-0.3, -0.25) is 0 Å². The second-order valence-corrected chi connectivity index (χ2v) is 8.84. The SMILES string of the molecule is [2H]C([2H])([2H])C([2H])(c1cccc(C([2H])(C([2H])([2H])[2H])C([2H])([2H])[2H])c1-n1cc[n+](C)c1-c1c(C)ccc2c1sc1ccccc12)C([2H])([2H])[2H]. The van der Waals surface area contributed by atoms with Gasteiger partial charge in [-0.15, -0.1) is 11.3 Å². The second kappa shape index (κ2) is 7.90. The third-order valence-corrected chi connectivity index (χ3v) is 7.00. The van der Waals surface area contributed by atoms with Gasteiger partial charge >= 0.3 is 0 Å². The van der Waals surface area contributed by atoms with Crippen molar-refractivity contribution < 1.29 is 23.8 Å². The minimum Gasteiger partial charge on any atom is -0.232 e. The lowest BCUT2D eigenvalue weighted by Crippen LogP contribution is -2.29. The monoisotopic (exact) mass is 453 g/mol. The molecule has 0 spiro atoms. The normalized spacial score (nSPS) is 20.7. The van der Waals surface area contributed by atoms with E-state index in [4.69, 9.17) is 19.2 Å². The van der Waals surface area contributed by atoms with Crippen LogP contribution in [0.25, 0.3) is 37.2 Å². The first kappa shape index (κ1) is 10.4. The zero-order valence-corrected chi connectivity index (χ0v) is 18.5. The van der Waals surface area contributed by atoms with Gasteiger partial charge in [-0.25, -0.2) is 4.57 Å². The van der Waals surface area contributed by atoms with Gasteiger partial charge in [0.25, 0.3) is 5.82 Å². The summed E-state index contributed by atoms with van der Waals surface area (Å²) in [6, 6.07) is 14.9. The molecule has 32 heavy (non-hydrogen) atoms. The Labute approximate surface area is 214 Å². The number of nitrogens with zero attached hydrogens (tertiary/aromatic N) is 2. The fourth-order valence-electron chi connectivity index (χ4n) is 4.33. The largest absolute Gasteiger partial charge is 0.295 e. The van der Waals surface area contributed by atoms with Crippen molar-refractivity contribution in [1.29, 1.82) is 0 Å². The average Bonchev–Trinajstić information content (AvgIpc) is 3.49. The number of imidazole rings is 1. The predicted molar refractivity (Wildman–Crippen MR) is 138 cm³/mol. The molecule has 3 heteroatoms. The van der Waals surface area contributed by atoms with E-state index in [9.17, 15) is 0 Å². The van der Waals surface area contributed by atoms with Crippen LogP contribution in [0.3, 0.4) is 0 Å². The van der Waals surface area contributed by atoms with Crippen molar-refractivity contribution in [3.8, 4) is 17.1 Å². The molecule has 0 radical (unpaired) electrons. The summed E-state index contributed by atoms with van der Waals surface area (Å²) in [5.41, 5.74) is -0.382. The summed E-state index contributed by atoms with van der Waals surface area (Å²) >= 11 is 1.49. The highest BCUT2D eigenvalue weighted by Crippen LogP contribution is 2.42. The lowest BCUT2D eigenvalue weighted by molar-refractivity contribution is -0.659. The number of thiophene rings is 1. The molecule has 2 nitrogen and oxygen atoms in total. The highest BCUT2D eigenvalue weighted by molar-refractivity contribution is 7.26. The quantitative estimate of drug-likeness (QED) is 0.245. The molecule has 5 aromatic rings. The van der Waals surface area contributed by atoms with Crippen LogP contribution < -0.4 is 4.57 Å². The summed E-state index contributed by atoms with van der Waals surface area (Å²) in [6.07, 6.45) is 3.01. The number of benzene rings is 3. The van der Waals surface area contributed by atoms with Crippen LogP contribution in [-0.4, -0.2) is 4.57 Å². The molecule has 5 rings (SSSR count). The van der Waals surface area contributed by atoms with Crippen molar-refractivity contribution >= 4 is 31.5 Å². The van der Waals surface area contributed by atoms with Gasteiger partial charge in [-0.2, -0.15) is 4.57 Å². The standard InChI is InChI=1S/C29H31N2S/c1-18(2)21-11-9-12-22(19(3)4)27(21)31-17-16-30(6)29(31)26-20(5)14-15-24-23-10-7-8-13-25(23)32-28(24)26/h7-19H,1-6H3/q+1/i1D3,2D3,3D3,4D3,18D,19D. The first-order chi connectivity index (χ1) is 21.0. The molecule has 2 aromatic heterocycles. The lowest BCUT2D eigenvalue weighted by atomic mass is 9.92. The minimum absolute atomic E-state index is 0.334. The number of rotatable bonds is 4. The van der Waals surface area contributed by atoms with E-state index in [2.05, 4.69) is 0 Å². The van der Waals surface area contributed by atoms with E-state index in [1.807, 2.05) is 43.3 Å². The summed E-state index contributed by atoms with van der Waals surface area (Å²) in [6.45, 7) is -12.1. The Balaban J connectivity index is 2.03. The Hall–Kier alpha value is -2.91. The van der Waals surface area contributed by atoms with Gasteiger partial charge < -0.3 is 0 Å². The summed E-state index contributed by atoms with van der Waals surface area (Å²) in [5, 5.41) is 1.89. The molecule has 0 amide bonds. The van der Waals surface area contributed by atoms with E-state index in [-0.39, 0.29) is 0 Å². The predicted octanol–water partition coefficient (Wildman–Crippen LogP) is 7.89. The number of aromatic nitrogens is 2. The maximum atomic E-state index is 9.11. The maximum absolute atomic E-state index is 9.11.